The molecule has 2 N–H and O–H groups in total. The van der Waals surface area contributed by atoms with Crippen molar-refractivity contribution in [3.63, 3.8) is 0 Å². The summed E-state index contributed by atoms with van der Waals surface area (Å²) >= 11 is 0. The van der Waals surface area contributed by atoms with Crippen molar-refractivity contribution in [3.05, 3.63) is 35.6 Å². The van der Waals surface area contributed by atoms with Crippen LogP contribution in [0.15, 0.2) is 23.1 Å². The highest BCUT2D eigenvalue weighted by atomic mass is 19.1. The summed E-state index contributed by atoms with van der Waals surface area (Å²) in [5, 5.41) is 7.61. The molecule has 0 bridgehead atoms. The second kappa shape index (κ2) is 6.55. The van der Waals surface area contributed by atoms with Crippen LogP contribution < -0.4 is 10.2 Å². The van der Waals surface area contributed by atoms with E-state index in [1.54, 1.807) is 0 Å². The third-order valence-corrected chi connectivity index (χ3v) is 5.25. The van der Waals surface area contributed by atoms with E-state index < -0.39 is 5.67 Å². The summed E-state index contributed by atoms with van der Waals surface area (Å²) < 4.78 is 24.2. The van der Waals surface area contributed by atoms with Gasteiger partial charge in [0.15, 0.2) is 11.4 Å². The summed E-state index contributed by atoms with van der Waals surface area (Å²) in [5.41, 5.74) is 0.423. The molecule has 28 heavy (non-hydrogen) atoms. The van der Waals surface area contributed by atoms with Crippen molar-refractivity contribution >= 4 is 22.8 Å². The molecule has 2 aliphatic heterocycles. The second-order valence-corrected chi connectivity index (χ2v) is 7.19. The number of alkyl halides is 1. The molecule has 0 saturated carbocycles. The zero-order valence-electron chi connectivity index (χ0n) is 15.1. The van der Waals surface area contributed by atoms with Gasteiger partial charge in [-0.3, -0.25) is 4.79 Å². The van der Waals surface area contributed by atoms with Crippen LogP contribution >= 0.6 is 0 Å². The maximum absolute atomic E-state index is 14.0. The number of hydrogen-bond acceptors (Lipinski definition) is 7. The lowest BCUT2D eigenvalue weighted by Crippen LogP contribution is -2.47. The Kier molecular flexibility index (Phi) is 4.00. The number of carbonyl (C=O) groups excluding carboxylic acids is 1. The fourth-order valence-electron chi connectivity index (χ4n) is 3.63. The van der Waals surface area contributed by atoms with E-state index >= 15 is 0 Å². The summed E-state index contributed by atoms with van der Waals surface area (Å²) in [6.07, 6.45) is 4.18. The van der Waals surface area contributed by atoms with Crippen molar-refractivity contribution in [2.45, 2.75) is 25.1 Å². The second-order valence-electron chi connectivity index (χ2n) is 7.19. The normalized spacial score (nSPS) is 18.0. The highest BCUT2D eigenvalue weighted by Crippen LogP contribution is 2.29. The van der Waals surface area contributed by atoms with E-state index in [1.165, 1.54) is 6.33 Å². The highest BCUT2D eigenvalue weighted by molar-refractivity contribution is 5.94. The number of aromatic amines is 1. The topological polar surface area (TPSA) is 109 Å². The molecule has 3 aromatic rings. The first-order chi connectivity index (χ1) is 13.6. The number of H-pyrrole nitrogens is 1. The van der Waals surface area contributed by atoms with Crippen molar-refractivity contribution < 1.29 is 18.4 Å². The fourth-order valence-corrected chi connectivity index (χ4v) is 3.63. The molecular formula is C18H19FN6O3. The quantitative estimate of drug-likeness (QED) is 0.681. The van der Waals surface area contributed by atoms with Gasteiger partial charge in [-0.25, -0.2) is 14.4 Å². The largest absolute Gasteiger partial charge is 0.375 e. The van der Waals surface area contributed by atoms with Gasteiger partial charge in [-0.15, -0.1) is 0 Å². The summed E-state index contributed by atoms with van der Waals surface area (Å²) in [5.74, 6) is 1.15. The molecular weight excluding hydrogens is 367 g/mol. The fraction of sp³-hybridized carbons (Fsp3) is 0.444. The van der Waals surface area contributed by atoms with Gasteiger partial charge in [0.2, 0.25) is 0 Å². The number of amides is 1. The molecule has 9 nitrogen and oxygen atoms in total. The number of carbonyl (C=O) groups is 1. The molecule has 146 valence electrons. The molecule has 0 aromatic carbocycles. The summed E-state index contributed by atoms with van der Waals surface area (Å²) in [6, 6.07) is 1.93. The van der Waals surface area contributed by atoms with E-state index in [9.17, 15) is 9.18 Å². The number of ether oxygens (including phenoxy) is 1. The lowest BCUT2D eigenvalue weighted by atomic mass is 10.0. The SMILES string of the molecule is O=C(NCCC1(F)COC1)c1noc2c1CN(c1ncnc3[nH]ccc13)CC2. The molecule has 2 aliphatic rings. The van der Waals surface area contributed by atoms with Gasteiger partial charge in [0.1, 0.15) is 23.6 Å². The molecule has 1 amide bonds. The molecule has 5 rings (SSSR count). The van der Waals surface area contributed by atoms with Crippen molar-refractivity contribution in [1.29, 1.82) is 0 Å². The molecule has 0 atom stereocenters. The average molecular weight is 386 g/mol. The maximum atomic E-state index is 14.0. The van der Waals surface area contributed by atoms with Crippen LogP contribution in [0.4, 0.5) is 10.2 Å². The Morgan fingerprint density at radius 3 is 3.11 bits per heavy atom. The Bertz CT molecular complexity index is 1030. The first-order valence-electron chi connectivity index (χ1n) is 9.18. The standard InChI is InChI=1S/C18H19FN6O3/c19-18(8-27-9-18)3-5-21-17(26)14-12-7-25(6-2-13(12)28-24-14)16-11-1-4-20-15(11)22-10-23-16/h1,4,10H,2-3,5-9H2,(H,21,26)(H,20,22,23). The van der Waals surface area contributed by atoms with Crippen LogP contribution in [0.5, 0.6) is 0 Å². The Labute approximate surface area is 159 Å². The van der Waals surface area contributed by atoms with E-state index in [-0.39, 0.29) is 37.8 Å². The molecule has 5 heterocycles. The number of nitrogens with zero attached hydrogens (tertiary/aromatic N) is 4. The van der Waals surface area contributed by atoms with Crippen molar-refractivity contribution in [3.8, 4) is 0 Å². The third kappa shape index (κ3) is 2.89. The Morgan fingerprint density at radius 1 is 1.39 bits per heavy atom. The van der Waals surface area contributed by atoms with E-state index in [0.717, 1.165) is 22.4 Å². The number of halogens is 1. The van der Waals surface area contributed by atoms with Gasteiger partial charge >= 0.3 is 0 Å². The first-order valence-corrected chi connectivity index (χ1v) is 9.18. The van der Waals surface area contributed by atoms with Crippen LogP contribution in [0.1, 0.15) is 28.2 Å². The molecule has 10 heteroatoms. The number of nitrogens with one attached hydrogen (secondary N) is 2. The van der Waals surface area contributed by atoms with Gasteiger partial charge in [-0.05, 0) is 6.07 Å². The van der Waals surface area contributed by atoms with E-state index in [0.29, 0.717) is 25.3 Å². The van der Waals surface area contributed by atoms with Crippen LogP contribution in [0.25, 0.3) is 11.0 Å². The maximum Gasteiger partial charge on any atom is 0.273 e. The monoisotopic (exact) mass is 386 g/mol. The predicted molar refractivity (Wildman–Crippen MR) is 96.8 cm³/mol. The Balaban J connectivity index is 1.32. The number of anilines is 1. The van der Waals surface area contributed by atoms with E-state index in [4.69, 9.17) is 9.26 Å². The number of aromatic nitrogens is 4. The molecule has 0 spiro atoms. The highest BCUT2D eigenvalue weighted by Gasteiger charge is 2.38. The number of hydrogen-bond donors (Lipinski definition) is 2. The summed E-state index contributed by atoms with van der Waals surface area (Å²) in [6.45, 7) is 1.55. The minimum Gasteiger partial charge on any atom is -0.375 e. The molecule has 0 unspecified atom stereocenters. The van der Waals surface area contributed by atoms with Crippen LogP contribution in [0.3, 0.4) is 0 Å². The first kappa shape index (κ1) is 17.1. The van der Waals surface area contributed by atoms with Gasteiger partial charge in [-0.1, -0.05) is 5.16 Å². The van der Waals surface area contributed by atoms with Gasteiger partial charge in [0, 0.05) is 37.7 Å². The van der Waals surface area contributed by atoms with E-state index in [1.807, 2.05) is 12.3 Å². The minimum atomic E-state index is -1.33. The average Bonchev–Trinajstić information content (AvgIpc) is 3.32. The Hall–Kier alpha value is -3.01. The van der Waals surface area contributed by atoms with Gasteiger partial charge in [-0.2, -0.15) is 0 Å². The van der Waals surface area contributed by atoms with Crippen LogP contribution in [0.2, 0.25) is 0 Å². The summed E-state index contributed by atoms with van der Waals surface area (Å²) in [7, 11) is 0. The zero-order valence-corrected chi connectivity index (χ0v) is 15.1. The van der Waals surface area contributed by atoms with Crippen LogP contribution in [0, 0.1) is 0 Å². The van der Waals surface area contributed by atoms with Gasteiger partial charge in [0.25, 0.3) is 5.91 Å². The summed E-state index contributed by atoms with van der Waals surface area (Å²) in [4.78, 5) is 26.3. The van der Waals surface area contributed by atoms with Crippen molar-refractivity contribution in [2.24, 2.45) is 0 Å². The van der Waals surface area contributed by atoms with Crippen molar-refractivity contribution in [1.82, 2.24) is 25.4 Å². The van der Waals surface area contributed by atoms with Crippen LogP contribution in [-0.2, 0) is 17.7 Å². The van der Waals surface area contributed by atoms with E-state index in [2.05, 4.69) is 30.3 Å². The molecule has 1 fully saturated rings. The van der Waals surface area contributed by atoms with Gasteiger partial charge in [0.05, 0.1) is 25.1 Å². The predicted octanol–water partition coefficient (Wildman–Crippen LogP) is 1.37. The molecule has 0 radical (unpaired) electrons. The van der Waals surface area contributed by atoms with Crippen molar-refractivity contribution in [2.75, 3.05) is 31.2 Å². The lowest BCUT2D eigenvalue weighted by Gasteiger charge is -2.33. The van der Waals surface area contributed by atoms with Gasteiger partial charge < -0.3 is 24.5 Å². The smallest absolute Gasteiger partial charge is 0.273 e. The molecule has 1 saturated heterocycles. The zero-order chi connectivity index (χ0) is 19.1. The molecule has 0 aliphatic carbocycles. The molecule has 3 aromatic heterocycles. The number of fused-ring (bicyclic) bond motifs is 2. The van der Waals surface area contributed by atoms with Crippen LogP contribution in [-0.4, -0.2) is 58.0 Å². The number of rotatable bonds is 5. The third-order valence-electron chi connectivity index (χ3n) is 5.25. The Morgan fingerprint density at radius 2 is 2.29 bits per heavy atom. The minimum absolute atomic E-state index is 0.0871. The lowest BCUT2D eigenvalue weighted by molar-refractivity contribution is -0.132.